The summed E-state index contributed by atoms with van der Waals surface area (Å²) in [6, 6.07) is 3.63. The lowest BCUT2D eigenvalue weighted by Gasteiger charge is -2.31. The molecule has 1 aromatic rings. The minimum absolute atomic E-state index is 0.0816. The Kier molecular flexibility index (Phi) is 5.45. The number of hydrogen-bond donors (Lipinski definition) is 2. The van der Waals surface area contributed by atoms with Crippen molar-refractivity contribution in [3.63, 3.8) is 0 Å². The number of aryl methyl sites for hydroxylation is 1. The molecule has 0 unspecified atom stereocenters. The zero-order chi connectivity index (χ0) is 22.5. The van der Waals surface area contributed by atoms with Crippen molar-refractivity contribution < 1.29 is 22.8 Å². The SMILES string of the molecule is O=C(NCC1CCN(S(=O)(=O)C2CC2)CC1)C(=O)Nc1cc2c3c(c1)CC(=O)N3CCC2. The number of nitrogens with one attached hydrogen (secondary N) is 2. The van der Waals surface area contributed by atoms with Crippen LogP contribution in [0.4, 0.5) is 11.4 Å². The van der Waals surface area contributed by atoms with Crippen molar-refractivity contribution in [1.29, 1.82) is 0 Å². The molecule has 1 saturated carbocycles. The Morgan fingerprint density at radius 3 is 2.44 bits per heavy atom. The fourth-order valence-corrected chi connectivity index (χ4v) is 6.87. The van der Waals surface area contributed by atoms with Crippen LogP contribution in [0.1, 0.15) is 43.2 Å². The van der Waals surface area contributed by atoms with E-state index in [0.29, 0.717) is 44.6 Å². The van der Waals surface area contributed by atoms with Gasteiger partial charge in [0.1, 0.15) is 0 Å². The lowest BCUT2D eigenvalue weighted by Crippen LogP contribution is -2.44. The number of carbonyl (C=O) groups is 3. The highest BCUT2D eigenvalue weighted by Crippen LogP contribution is 2.38. The predicted molar refractivity (Wildman–Crippen MR) is 119 cm³/mol. The molecule has 5 rings (SSSR count). The van der Waals surface area contributed by atoms with Crippen LogP contribution in [0.25, 0.3) is 0 Å². The summed E-state index contributed by atoms with van der Waals surface area (Å²) in [4.78, 5) is 38.7. The van der Waals surface area contributed by atoms with E-state index < -0.39 is 21.8 Å². The fraction of sp³-hybridized carbons (Fsp3) is 0.591. The summed E-state index contributed by atoms with van der Waals surface area (Å²) in [6.07, 6.45) is 4.92. The van der Waals surface area contributed by atoms with E-state index in [4.69, 9.17) is 0 Å². The molecule has 1 aromatic carbocycles. The minimum atomic E-state index is -3.15. The first-order valence-corrected chi connectivity index (χ1v) is 12.9. The van der Waals surface area contributed by atoms with Gasteiger partial charge in [0.05, 0.1) is 17.4 Å². The van der Waals surface area contributed by atoms with Crippen LogP contribution in [0.15, 0.2) is 12.1 Å². The third-order valence-corrected chi connectivity index (χ3v) is 9.30. The molecule has 0 bridgehead atoms. The molecule has 32 heavy (non-hydrogen) atoms. The van der Waals surface area contributed by atoms with Gasteiger partial charge in [-0.15, -0.1) is 0 Å². The van der Waals surface area contributed by atoms with E-state index >= 15 is 0 Å². The number of amides is 3. The van der Waals surface area contributed by atoms with Crippen LogP contribution < -0.4 is 15.5 Å². The fourth-order valence-electron chi connectivity index (χ4n) is 5.00. The van der Waals surface area contributed by atoms with Gasteiger partial charge in [0.2, 0.25) is 15.9 Å². The average Bonchev–Trinajstić information content (AvgIpc) is 3.59. The number of benzene rings is 1. The van der Waals surface area contributed by atoms with Crippen LogP contribution in [0.3, 0.4) is 0 Å². The number of sulfonamides is 1. The Labute approximate surface area is 187 Å². The van der Waals surface area contributed by atoms with Gasteiger partial charge >= 0.3 is 11.8 Å². The van der Waals surface area contributed by atoms with Crippen molar-refractivity contribution in [3.8, 4) is 0 Å². The molecule has 10 heteroatoms. The molecule has 2 fully saturated rings. The lowest BCUT2D eigenvalue weighted by atomic mass is 9.98. The second kappa shape index (κ2) is 8.15. The summed E-state index contributed by atoms with van der Waals surface area (Å²) in [5, 5.41) is 5.15. The molecule has 2 N–H and O–H groups in total. The van der Waals surface area contributed by atoms with Crippen LogP contribution >= 0.6 is 0 Å². The molecular formula is C22H28N4O5S. The second-order valence-electron chi connectivity index (χ2n) is 9.22. The lowest BCUT2D eigenvalue weighted by molar-refractivity contribution is -0.136. The van der Waals surface area contributed by atoms with Crippen LogP contribution in [0.5, 0.6) is 0 Å². The first kappa shape index (κ1) is 21.4. The molecule has 0 radical (unpaired) electrons. The van der Waals surface area contributed by atoms with Crippen LogP contribution in [-0.4, -0.2) is 61.9 Å². The third-order valence-electron chi connectivity index (χ3n) is 6.90. The number of rotatable bonds is 5. The highest BCUT2D eigenvalue weighted by Gasteiger charge is 2.41. The van der Waals surface area contributed by atoms with E-state index in [2.05, 4.69) is 10.6 Å². The van der Waals surface area contributed by atoms with Crippen molar-refractivity contribution in [2.45, 2.75) is 50.2 Å². The monoisotopic (exact) mass is 460 g/mol. The van der Waals surface area contributed by atoms with Crippen LogP contribution in [0.2, 0.25) is 0 Å². The second-order valence-corrected chi connectivity index (χ2v) is 11.4. The molecule has 3 aliphatic heterocycles. The molecule has 0 spiro atoms. The molecule has 1 aliphatic carbocycles. The quantitative estimate of drug-likeness (QED) is 0.630. The summed E-state index contributed by atoms with van der Waals surface area (Å²) < 4.78 is 26.2. The molecule has 172 valence electrons. The number of carbonyl (C=O) groups excluding carboxylic acids is 3. The average molecular weight is 461 g/mol. The first-order valence-electron chi connectivity index (χ1n) is 11.4. The molecule has 3 amide bonds. The highest BCUT2D eigenvalue weighted by molar-refractivity contribution is 7.90. The Balaban J connectivity index is 1.13. The van der Waals surface area contributed by atoms with Crippen LogP contribution in [0, 0.1) is 5.92 Å². The smallest absolute Gasteiger partial charge is 0.313 e. The normalized spacial score (nSPS) is 21.4. The Morgan fingerprint density at radius 2 is 1.72 bits per heavy atom. The maximum absolute atomic E-state index is 12.4. The van der Waals surface area contributed by atoms with Crippen molar-refractivity contribution in [2.24, 2.45) is 5.92 Å². The maximum Gasteiger partial charge on any atom is 0.313 e. The van der Waals surface area contributed by atoms with Gasteiger partial charge < -0.3 is 15.5 Å². The number of anilines is 2. The zero-order valence-electron chi connectivity index (χ0n) is 17.9. The standard InChI is InChI=1S/C22H28N4O5S/c27-19-12-16-11-17(10-15-2-1-7-26(19)20(15)16)24-22(29)21(28)23-13-14-5-8-25(9-6-14)32(30,31)18-3-4-18/h10-11,14,18H,1-9,12-13H2,(H,23,28)(H,24,29). The molecular weight excluding hydrogens is 432 g/mol. The molecule has 3 heterocycles. The minimum Gasteiger partial charge on any atom is -0.348 e. The summed E-state index contributed by atoms with van der Waals surface area (Å²) in [5.41, 5.74) is 3.44. The Hall–Kier alpha value is -2.46. The summed E-state index contributed by atoms with van der Waals surface area (Å²) >= 11 is 0. The molecule has 9 nitrogen and oxygen atoms in total. The molecule has 4 aliphatic rings. The van der Waals surface area contributed by atoms with Crippen molar-refractivity contribution in [1.82, 2.24) is 9.62 Å². The van der Waals surface area contributed by atoms with Gasteiger partial charge in [-0.2, -0.15) is 0 Å². The third kappa shape index (κ3) is 4.01. The summed E-state index contributed by atoms with van der Waals surface area (Å²) in [6.45, 7) is 2.03. The van der Waals surface area contributed by atoms with Gasteiger partial charge in [-0.25, -0.2) is 12.7 Å². The largest absolute Gasteiger partial charge is 0.348 e. The van der Waals surface area contributed by atoms with E-state index in [0.717, 1.165) is 49.0 Å². The van der Waals surface area contributed by atoms with Gasteiger partial charge in [-0.3, -0.25) is 14.4 Å². The van der Waals surface area contributed by atoms with Crippen molar-refractivity contribution >= 4 is 39.1 Å². The topological polar surface area (TPSA) is 116 Å². The maximum atomic E-state index is 12.4. The van der Waals surface area contributed by atoms with Crippen molar-refractivity contribution in [3.05, 3.63) is 23.3 Å². The van der Waals surface area contributed by atoms with Gasteiger partial charge in [0.25, 0.3) is 0 Å². The van der Waals surface area contributed by atoms with Gasteiger partial charge in [-0.1, -0.05) is 0 Å². The Bertz CT molecular complexity index is 1070. The molecule has 0 aromatic heterocycles. The van der Waals surface area contributed by atoms with E-state index in [1.54, 1.807) is 10.4 Å². The van der Waals surface area contributed by atoms with E-state index in [-0.39, 0.29) is 17.1 Å². The zero-order valence-corrected chi connectivity index (χ0v) is 18.7. The van der Waals surface area contributed by atoms with Gasteiger partial charge in [0.15, 0.2) is 0 Å². The van der Waals surface area contributed by atoms with Gasteiger partial charge in [0, 0.05) is 31.9 Å². The summed E-state index contributed by atoms with van der Waals surface area (Å²) in [7, 11) is -3.15. The Morgan fingerprint density at radius 1 is 1.00 bits per heavy atom. The number of nitrogens with zero attached hydrogens (tertiary/aromatic N) is 2. The molecule has 0 atom stereocenters. The highest BCUT2D eigenvalue weighted by atomic mass is 32.2. The van der Waals surface area contributed by atoms with Crippen LogP contribution in [-0.2, 0) is 37.2 Å². The van der Waals surface area contributed by atoms with E-state index in [1.165, 1.54) is 0 Å². The number of hydrogen-bond acceptors (Lipinski definition) is 5. The van der Waals surface area contributed by atoms with Crippen molar-refractivity contribution in [2.75, 3.05) is 36.4 Å². The molecule has 1 saturated heterocycles. The van der Waals surface area contributed by atoms with E-state index in [9.17, 15) is 22.8 Å². The first-order chi connectivity index (χ1) is 15.3. The number of piperidine rings is 1. The predicted octanol–water partition coefficient (Wildman–Crippen LogP) is 0.781. The van der Waals surface area contributed by atoms with E-state index in [1.807, 2.05) is 11.0 Å². The van der Waals surface area contributed by atoms with Gasteiger partial charge in [-0.05, 0) is 67.7 Å². The summed E-state index contributed by atoms with van der Waals surface area (Å²) in [5.74, 6) is -1.20.